The minimum Gasteiger partial charge on any atom is -0.326 e. The summed E-state index contributed by atoms with van der Waals surface area (Å²) in [5, 5.41) is 3.24. The molecule has 3 aromatic rings. The molecule has 1 saturated carbocycles. The van der Waals surface area contributed by atoms with Gasteiger partial charge in [-0.2, -0.15) is 0 Å². The molecule has 1 aliphatic carbocycles. The summed E-state index contributed by atoms with van der Waals surface area (Å²) in [6.45, 7) is 0. The highest BCUT2D eigenvalue weighted by Crippen LogP contribution is 2.31. The first kappa shape index (κ1) is 18.9. The second kappa shape index (κ2) is 7.89. The molecule has 2 aromatic carbocycles. The van der Waals surface area contributed by atoms with Crippen molar-refractivity contribution in [3.8, 4) is 0 Å². The van der Waals surface area contributed by atoms with Gasteiger partial charge in [0, 0.05) is 12.1 Å². The molecule has 1 amide bonds. The molecule has 28 heavy (non-hydrogen) atoms. The number of nitrogens with one attached hydrogen (secondary N) is 2. The van der Waals surface area contributed by atoms with Crippen LogP contribution in [0, 0.1) is 5.92 Å². The van der Waals surface area contributed by atoms with Gasteiger partial charge >= 0.3 is 0 Å². The third-order valence-electron chi connectivity index (χ3n) is 4.90. The average molecular weight is 416 g/mol. The lowest BCUT2D eigenvalue weighted by Gasteiger charge is -2.09. The molecule has 1 aromatic heterocycles. The summed E-state index contributed by atoms with van der Waals surface area (Å²) in [5.41, 5.74) is 1.39. The quantitative estimate of drug-likeness (QED) is 0.615. The SMILES string of the molecule is O=C(CC1CCCC1)Nc1ccc2nc(NS(=O)(=O)c3ccccc3)sc2c1. The van der Waals surface area contributed by atoms with E-state index in [2.05, 4.69) is 15.0 Å². The first-order valence-electron chi connectivity index (χ1n) is 9.28. The lowest BCUT2D eigenvalue weighted by Crippen LogP contribution is -2.14. The number of amides is 1. The van der Waals surface area contributed by atoms with Crippen LogP contribution in [0.4, 0.5) is 10.8 Å². The summed E-state index contributed by atoms with van der Waals surface area (Å²) >= 11 is 1.24. The van der Waals surface area contributed by atoms with Gasteiger partial charge in [0.05, 0.1) is 15.1 Å². The van der Waals surface area contributed by atoms with E-state index in [1.807, 2.05) is 6.07 Å². The fourth-order valence-electron chi connectivity index (χ4n) is 3.51. The molecular weight excluding hydrogens is 394 g/mol. The predicted octanol–water partition coefficient (Wildman–Crippen LogP) is 4.62. The lowest BCUT2D eigenvalue weighted by molar-refractivity contribution is -0.117. The third kappa shape index (κ3) is 4.34. The van der Waals surface area contributed by atoms with Crippen molar-refractivity contribution in [3.05, 3.63) is 48.5 Å². The Balaban J connectivity index is 1.48. The Morgan fingerprint density at radius 3 is 2.61 bits per heavy atom. The van der Waals surface area contributed by atoms with E-state index in [-0.39, 0.29) is 10.8 Å². The maximum absolute atomic E-state index is 12.5. The minimum absolute atomic E-state index is 0.0285. The molecule has 0 unspecified atom stereocenters. The molecule has 1 fully saturated rings. The smallest absolute Gasteiger partial charge is 0.263 e. The fraction of sp³-hybridized carbons (Fsp3) is 0.300. The van der Waals surface area contributed by atoms with E-state index >= 15 is 0 Å². The van der Waals surface area contributed by atoms with Crippen molar-refractivity contribution in [2.45, 2.75) is 37.0 Å². The van der Waals surface area contributed by atoms with E-state index in [0.717, 1.165) is 17.5 Å². The van der Waals surface area contributed by atoms with Gasteiger partial charge in [-0.25, -0.2) is 13.4 Å². The van der Waals surface area contributed by atoms with Gasteiger partial charge in [-0.15, -0.1) is 0 Å². The number of nitrogens with zero attached hydrogens (tertiary/aromatic N) is 1. The zero-order valence-corrected chi connectivity index (χ0v) is 16.9. The van der Waals surface area contributed by atoms with Crippen LogP contribution < -0.4 is 10.0 Å². The number of aromatic nitrogens is 1. The summed E-state index contributed by atoms with van der Waals surface area (Å²) in [6, 6.07) is 13.6. The molecule has 1 heterocycles. The van der Waals surface area contributed by atoms with Crippen molar-refractivity contribution in [1.29, 1.82) is 0 Å². The Bertz CT molecular complexity index is 1090. The van der Waals surface area contributed by atoms with E-state index in [1.165, 1.54) is 36.3 Å². The summed E-state index contributed by atoms with van der Waals surface area (Å²) in [4.78, 5) is 16.8. The normalized spacial score (nSPS) is 15.0. The number of carbonyl (C=O) groups excluding carboxylic acids is 1. The van der Waals surface area contributed by atoms with Gasteiger partial charge < -0.3 is 5.32 Å². The first-order chi connectivity index (χ1) is 13.5. The molecule has 1 aliphatic rings. The molecule has 4 rings (SSSR count). The summed E-state index contributed by atoms with van der Waals surface area (Å²) in [5.74, 6) is 0.520. The van der Waals surface area contributed by atoms with E-state index in [1.54, 1.807) is 30.3 Å². The topological polar surface area (TPSA) is 88.2 Å². The van der Waals surface area contributed by atoms with E-state index in [4.69, 9.17) is 0 Å². The number of benzene rings is 2. The minimum atomic E-state index is -3.68. The zero-order chi connectivity index (χ0) is 19.6. The number of fused-ring (bicyclic) bond motifs is 1. The zero-order valence-electron chi connectivity index (χ0n) is 15.2. The predicted molar refractivity (Wildman–Crippen MR) is 112 cm³/mol. The van der Waals surface area contributed by atoms with Gasteiger partial charge in [-0.05, 0) is 49.1 Å². The standard InChI is InChI=1S/C20H21N3O3S2/c24-19(12-14-6-4-5-7-14)21-15-10-11-17-18(13-15)27-20(22-17)23-28(25,26)16-8-2-1-3-9-16/h1-3,8-11,13-14H,4-7,12H2,(H,21,24)(H,22,23). The molecule has 0 radical (unpaired) electrons. The summed E-state index contributed by atoms with van der Waals surface area (Å²) in [6.07, 6.45) is 5.25. The largest absolute Gasteiger partial charge is 0.326 e. The van der Waals surface area contributed by atoms with Crippen LogP contribution in [0.25, 0.3) is 10.2 Å². The Kier molecular flexibility index (Phi) is 5.32. The number of anilines is 2. The first-order valence-corrected chi connectivity index (χ1v) is 11.6. The van der Waals surface area contributed by atoms with Crippen LogP contribution in [0.5, 0.6) is 0 Å². The number of thiazole rings is 1. The average Bonchev–Trinajstić information content (AvgIpc) is 3.30. The molecule has 0 aliphatic heterocycles. The molecule has 6 nitrogen and oxygen atoms in total. The monoisotopic (exact) mass is 415 g/mol. The maximum atomic E-state index is 12.5. The summed E-state index contributed by atoms with van der Waals surface area (Å²) < 4.78 is 28.2. The van der Waals surface area contributed by atoms with Crippen LogP contribution in [0.1, 0.15) is 32.1 Å². The van der Waals surface area contributed by atoms with Crippen molar-refractivity contribution in [3.63, 3.8) is 0 Å². The van der Waals surface area contributed by atoms with E-state index in [9.17, 15) is 13.2 Å². The molecule has 0 saturated heterocycles. The van der Waals surface area contributed by atoms with Gasteiger partial charge in [0.25, 0.3) is 10.0 Å². The van der Waals surface area contributed by atoms with Crippen LogP contribution in [0.15, 0.2) is 53.4 Å². The van der Waals surface area contributed by atoms with E-state index < -0.39 is 10.0 Å². The second-order valence-corrected chi connectivity index (χ2v) is 9.74. The van der Waals surface area contributed by atoms with Crippen LogP contribution in [0.3, 0.4) is 0 Å². The van der Waals surface area contributed by atoms with Gasteiger partial charge in [0.15, 0.2) is 5.13 Å². The van der Waals surface area contributed by atoms with Gasteiger partial charge in [-0.3, -0.25) is 9.52 Å². The van der Waals surface area contributed by atoms with Crippen LogP contribution in [-0.2, 0) is 14.8 Å². The van der Waals surface area contributed by atoms with Crippen LogP contribution >= 0.6 is 11.3 Å². The number of hydrogen-bond donors (Lipinski definition) is 2. The van der Waals surface area contributed by atoms with Gasteiger partial charge in [-0.1, -0.05) is 42.4 Å². The molecule has 0 atom stereocenters. The Hall–Kier alpha value is -2.45. The number of carbonyl (C=O) groups is 1. The molecule has 2 N–H and O–H groups in total. The second-order valence-electron chi connectivity index (χ2n) is 7.02. The Morgan fingerprint density at radius 2 is 1.86 bits per heavy atom. The van der Waals surface area contributed by atoms with Crippen molar-refractivity contribution in [1.82, 2.24) is 4.98 Å². The van der Waals surface area contributed by atoms with Crippen LogP contribution in [0.2, 0.25) is 0 Å². The highest BCUT2D eigenvalue weighted by Gasteiger charge is 2.19. The number of rotatable bonds is 6. The van der Waals surface area contributed by atoms with Gasteiger partial charge in [0.2, 0.25) is 5.91 Å². The Labute approximate surface area is 168 Å². The van der Waals surface area contributed by atoms with Crippen molar-refractivity contribution < 1.29 is 13.2 Å². The van der Waals surface area contributed by atoms with Crippen molar-refractivity contribution >= 4 is 48.3 Å². The summed E-state index contributed by atoms with van der Waals surface area (Å²) in [7, 11) is -3.68. The van der Waals surface area contributed by atoms with Crippen molar-refractivity contribution in [2.24, 2.45) is 5.92 Å². The fourth-order valence-corrected chi connectivity index (χ4v) is 5.67. The molecule has 0 bridgehead atoms. The molecule has 146 valence electrons. The van der Waals surface area contributed by atoms with Crippen LogP contribution in [-0.4, -0.2) is 19.3 Å². The molecule has 8 heteroatoms. The Morgan fingerprint density at radius 1 is 1.11 bits per heavy atom. The highest BCUT2D eigenvalue weighted by molar-refractivity contribution is 7.93. The third-order valence-corrected chi connectivity index (χ3v) is 7.31. The number of hydrogen-bond acceptors (Lipinski definition) is 5. The van der Waals surface area contributed by atoms with E-state index in [0.29, 0.717) is 28.7 Å². The van der Waals surface area contributed by atoms with Crippen molar-refractivity contribution in [2.75, 3.05) is 10.0 Å². The number of sulfonamides is 1. The lowest BCUT2D eigenvalue weighted by atomic mass is 10.0. The van der Waals surface area contributed by atoms with Gasteiger partial charge in [0.1, 0.15) is 0 Å². The highest BCUT2D eigenvalue weighted by atomic mass is 32.2. The molecule has 0 spiro atoms. The molecular formula is C20H21N3O3S2. The maximum Gasteiger partial charge on any atom is 0.263 e.